The van der Waals surface area contributed by atoms with Crippen molar-refractivity contribution in [1.82, 2.24) is 9.80 Å². The third kappa shape index (κ3) is 5.70. The molecule has 2 aromatic rings. The van der Waals surface area contributed by atoms with E-state index in [0.717, 1.165) is 18.7 Å². The molecule has 0 bridgehead atoms. The summed E-state index contributed by atoms with van der Waals surface area (Å²) in [5.41, 5.74) is 1.05. The van der Waals surface area contributed by atoms with Crippen LogP contribution in [0, 0.1) is 5.82 Å². The monoisotopic (exact) mass is 416 g/mol. The van der Waals surface area contributed by atoms with Crippen LogP contribution < -0.4 is 9.47 Å². The molecule has 1 N–H and O–H groups in total. The lowest BCUT2D eigenvalue weighted by atomic mass is 10.1. The van der Waals surface area contributed by atoms with Gasteiger partial charge in [-0.05, 0) is 43.7 Å². The molecule has 0 aliphatic carbocycles. The summed E-state index contributed by atoms with van der Waals surface area (Å²) in [5, 5.41) is 8.94. The van der Waals surface area contributed by atoms with Crippen molar-refractivity contribution in [2.75, 3.05) is 32.9 Å². The Morgan fingerprint density at radius 1 is 1.03 bits per heavy atom. The number of benzene rings is 2. The molecule has 1 saturated heterocycles. The minimum Gasteiger partial charge on any atom is -0.487 e. The van der Waals surface area contributed by atoms with Gasteiger partial charge in [-0.2, -0.15) is 0 Å². The number of carbonyl (C=O) groups excluding carboxylic acids is 1. The third-order valence-corrected chi connectivity index (χ3v) is 5.28. The summed E-state index contributed by atoms with van der Waals surface area (Å²) >= 11 is 0. The van der Waals surface area contributed by atoms with Crippen LogP contribution in [0.3, 0.4) is 0 Å². The van der Waals surface area contributed by atoms with Crippen LogP contribution in [0.15, 0.2) is 48.5 Å². The molecule has 1 fully saturated rings. The van der Waals surface area contributed by atoms with Crippen LogP contribution in [-0.2, 0) is 11.3 Å². The summed E-state index contributed by atoms with van der Waals surface area (Å²) in [6, 6.07) is 13.9. The van der Waals surface area contributed by atoms with Crippen LogP contribution in [0.4, 0.5) is 4.39 Å². The fourth-order valence-corrected chi connectivity index (χ4v) is 3.66. The number of aliphatic hydroxyl groups is 1. The second kappa shape index (κ2) is 10.4. The van der Waals surface area contributed by atoms with Crippen LogP contribution in [0.2, 0.25) is 0 Å². The van der Waals surface area contributed by atoms with Crippen molar-refractivity contribution < 1.29 is 23.8 Å². The lowest BCUT2D eigenvalue weighted by Crippen LogP contribution is -2.58. The number of rotatable bonds is 8. The standard InChI is InChI=1S/C23H29FN2O4/c1-17-14-26(18(2)13-25(17)15-19-7-9-20(24)10-8-19)23(28)16-30-22-6-4-3-5-21(22)29-12-11-27/h3-10,17-18,27H,11-16H2,1-2H3. The molecule has 0 radical (unpaired) electrons. The van der Waals surface area contributed by atoms with Gasteiger partial charge in [-0.15, -0.1) is 0 Å². The number of aliphatic hydroxyl groups excluding tert-OH is 1. The zero-order valence-electron chi connectivity index (χ0n) is 17.5. The molecule has 1 aliphatic heterocycles. The first-order valence-electron chi connectivity index (χ1n) is 10.2. The second-order valence-corrected chi connectivity index (χ2v) is 7.61. The van der Waals surface area contributed by atoms with E-state index in [0.29, 0.717) is 18.0 Å². The zero-order chi connectivity index (χ0) is 21.5. The molecule has 1 heterocycles. The number of nitrogens with zero attached hydrogens (tertiary/aromatic N) is 2. The Kier molecular flexibility index (Phi) is 7.65. The summed E-state index contributed by atoms with van der Waals surface area (Å²) < 4.78 is 24.3. The fourth-order valence-electron chi connectivity index (χ4n) is 3.66. The smallest absolute Gasteiger partial charge is 0.260 e. The second-order valence-electron chi connectivity index (χ2n) is 7.61. The van der Waals surface area contributed by atoms with Gasteiger partial charge in [0.25, 0.3) is 5.91 Å². The highest BCUT2D eigenvalue weighted by atomic mass is 19.1. The van der Waals surface area contributed by atoms with Gasteiger partial charge in [0.1, 0.15) is 12.4 Å². The lowest BCUT2D eigenvalue weighted by molar-refractivity contribution is -0.139. The van der Waals surface area contributed by atoms with Crippen molar-refractivity contribution in [3.8, 4) is 11.5 Å². The quantitative estimate of drug-likeness (QED) is 0.717. The number of carbonyl (C=O) groups is 1. The number of hydrogen-bond acceptors (Lipinski definition) is 5. The zero-order valence-corrected chi connectivity index (χ0v) is 17.5. The van der Waals surface area contributed by atoms with Gasteiger partial charge in [0.15, 0.2) is 18.1 Å². The number of amides is 1. The molecule has 2 atom stereocenters. The van der Waals surface area contributed by atoms with Gasteiger partial charge < -0.3 is 19.5 Å². The first-order chi connectivity index (χ1) is 14.5. The maximum absolute atomic E-state index is 13.1. The van der Waals surface area contributed by atoms with E-state index < -0.39 is 0 Å². The van der Waals surface area contributed by atoms with Gasteiger partial charge in [-0.3, -0.25) is 9.69 Å². The highest BCUT2D eigenvalue weighted by molar-refractivity contribution is 5.78. The van der Waals surface area contributed by atoms with Crippen molar-refractivity contribution >= 4 is 5.91 Å². The van der Waals surface area contributed by atoms with Gasteiger partial charge in [0, 0.05) is 31.7 Å². The molecular formula is C23H29FN2O4. The first-order valence-corrected chi connectivity index (χ1v) is 10.2. The highest BCUT2D eigenvalue weighted by Crippen LogP contribution is 2.26. The number of halogens is 1. The molecule has 1 aliphatic rings. The van der Waals surface area contributed by atoms with Crippen LogP contribution in [0.1, 0.15) is 19.4 Å². The summed E-state index contributed by atoms with van der Waals surface area (Å²) in [7, 11) is 0. The Balaban J connectivity index is 1.55. The molecule has 2 aromatic carbocycles. The average Bonchev–Trinajstić information content (AvgIpc) is 2.75. The Morgan fingerprint density at radius 3 is 2.37 bits per heavy atom. The number of piperazine rings is 1. The van der Waals surface area contributed by atoms with Gasteiger partial charge in [-0.25, -0.2) is 4.39 Å². The average molecular weight is 416 g/mol. The van der Waals surface area contributed by atoms with E-state index >= 15 is 0 Å². The van der Waals surface area contributed by atoms with Gasteiger partial charge in [0.2, 0.25) is 0 Å². The molecule has 7 heteroatoms. The van der Waals surface area contributed by atoms with Crippen molar-refractivity contribution in [3.05, 3.63) is 59.9 Å². The molecule has 3 rings (SSSR count). The molecule has 0 aromatic heterocycles. The Hall–Kier alpha value is -2.64. The van der Waals surface area contributed by atoms with E-state index in [1.807, 2.05) is 24.0 Å². The fraction of sp³-hybridized carbons (Fsp3) is 0.435. The molecule has 1 amide bonds. The maximum Gasteiger partial charge on any atom is 0.260 e. The van der Waals surface area contributed by atoms with E-state index in [9.17, 15) is 9.18 Å². The largest absolute Gasteiger partial charge is 0.487 e. The van der Waals surface area contributed by atoms with Crippen molar-refractivity contribution in [2.24, 2.45) is 0 Å². The summed E-state index contributed by atoms with van der Waals surface area (Å²) in [6.07, 6.45) is 0. The summed E-state index contributed by atoms with van der Waals surface area (Å²) in [5.74, 6) is 0.673. The van der Waals surface area contributed by atoms with Crippen LogP contribution in [-0.4, -0.2) is 65.8 Å². The van der Waals surface area contributed by atoms with Crippen LogP contribution in [0.5, 0.6) is 11.5 Å². The molecule has 0 spiro atoms. The van der Waals surface area contributed by atoms with Crippen LogP contribution >= 0.6 is 0 Å². The van der Waals surface area contributed by atoms with Crippen molar-refractivity contribution in [3.63, 3.8) is 0 Å². The minimum atomic E-state index is -0.237. The number of para-hydroxylation sites is 2. The van der Waals surface area contributed by atoms with E-state index in [1.165, 1.54) is 12.1 Å². The topological polar surface area (TPSA) is 62.2 Å². The minimum absolute atomic E-state index is 0.0404. The lowest BCUT2D eigenvalue weighted by Gasteiger charge is -2.44. The number of hydrogen-bond donors (Lipinski definition) is 1. The number of ether oxygens (including phenoxy) is 2. The summed E-state index contributed by atoms with van der Waals surface area (Å²) in [6.45, 7) is 6.18. The Morgan fingerprint density at radius 2 is 1.70 bits per heavy atom. The van der Waals surface area contributed by atoms with Gasteiger partial charge in [-0.1, -0.05) is 24.3 Å². The molecule has 6 nitrogen and oxygen atoms in total. The predicted molar refractivity (Wildman–Crippen MR) is 112 cm³/mol. The normalized spacial score (nSPS) is 19.5. The SMILES string of the molecule is CC1CN(C(=O)COc2ccccc2OCCO)C(C)CN1Cc1ccc(F)cc1. The van der Waals surface area contributed by atoms with E-state index in [-0.39, 0.29) is 43.6 Å². The van der Waals surface area contributed by atoms with Crippen molar-refractivity contribution in [1.29, 1.82) is 0 Å². The Labute approximate surface area is 176 Å². The van der Waals surface area contributed by atoms with E-state index in [4.69, 9.17) is 14.6 Å². The molecule has 0 saturated carbocycles. The van der Waals surface area contributed by atoms with Gasteiger partial charge >= 0.3 is 0 Å². The molecule has 30 heavy (non-hydrogen) atoms. The highest BCUT2D eigenvalue weighted by Gasteiger charge is 2.32. The van der Waals surface area contributed by atoms with Crippen LogP contribution in [0.25, 0.3) is 0 Å². The van der Waals surface area contributed by atoms with Gasteiger partial charge in [0.05, 0.1) is 6.61 Å². The molecule has 162 valence electrons. The first kappa shape index (κ1) is 22.1. The Bertz CT molecular complexity index is 830. The molecule has 2 unspecified atom stereocenters. The van der Waals surface area contributed by atoms with E-state index in [1.54, 1.807) is 24.3 Å². The van der Waals surface area contributed by atoms with Crippen molar-refractivity contribution in [2.45, 2.75) is 32.5 Å². The third-order valence-electron chi connectivity index (χ3n) is 5.28. The van der Waals surface area contributed by atoms with E-state index in [2.05, 4.69) is 11.8 Å². The summed E-state index contributed by atoms with van der Waals surface area (Å²) in [4.78, 5) is 17.0. The maximum atomic E-state index is 13.1. The predicted octanol–water partition coefficient (Wildman–Crippen LogP) is 2.70. The molecular weight excluding hydrogens is 387 g/mol.